The maximum Gasteiger partial charge on any atom is 0.416 e. The van der Waals surface area contributed by atoms with Gasteiger partial charge in [0.05, 0.1) is 12.1 Å². The number of amides is 1. The van der Waals surface area contributed by atoms with Crippen molar-refractivity contribution in [2.75, 3.05) is 6.54 Å². The van der Waals surface area contributed by atoms with Crippen LogP contribution in [0.5, 0.6) is 0 Å². The van der Waals surface area contributed by atoms with Crippen molar-refractivity contribution >= 4 is 5.91 Å². The van der Waals surface area contributed by atoms with Crippen molar-refractivity contribution in [2.45, 2.75) is 45.5 Å². The minimum Gasteiger partial charge on any atom is -0.345 e. The molecule has 0 saturated carbocycles. The standard InChI is InChI=1S/C27H29F3N2O/c1-5-15-32(25(33)21-11-13-22(14-12-21)26(2,3)4)19-24-10-7-16-31(24)18-20-8-6-9-23(17-20)27(28,29)30/h5-14,16-17H,1,15,18-19H2,2-4H3. The highest BCUT2D eigenvalue weighted by atomic mass is 19.4. The quantitative estimate of drug-likeness (QED) is 0.366. The van der Waals surface area contributed by atoms with Crippen LogP contribution >= 0.6 is 0 Å². The van der Waals surface area contributed by atoms with Crippen molar-refractivity contribution in [1.82, 2.24) is 9.47 Å². The fourth-order valence-corrected chi connectivity index (χ4v) is 3.66. The van der Waals surface area contributed by atoms with Crippen LogP contribution in [0.2, 0.25) is 0 Å². The molecule has 0 aliphatic rings. The zero-order valence-electron chi connectivity index (χ0n) is 19.2. The Kier molecular flexibility index (Phi) is 7.15. The first-order valence-electron chi connectivity index (χ1n) is 10.8. The molecule has 1 heterocycles. The molecule has 0 unspecified atom stereocenters. The normalized spacial score (nSPS) is 11.9. The van der Waals surface area contributed by atoms with Crippen molar-refractivity contribution in [2.24, 2.45) is 0 Å². The van der Waals surface area contributed by atoms with Gasteiger partial charge < -0.3 is 9.47 Å². The molecule has 0 aliphatic heterocycles. The van der Waals surface area contributed by atoms with Crippen LogP contribution in [-0.2, 0) is 24.7 Å². The first kappa shape index (κ1) is 24.4. The van der Waals surface area contributed by atoms with Crippen molar-refractivity contribution < 1.29 is 18.0 Å². The van der Waals surface area contributed by atoms with Crippen LogP contribution in [0.25, 0.3) is 0 Å². The van der Waals surface area contributed by atoms with Gasteiger partial charge in [-0.1, -0.05) is 51.1 Å². The summed E-state index contributed by atoms with van der Waals surface area (Å²) in [5, 5.41) is 0. The number of carbonyl (C=O) groups excluding carboxylic acids is 1. The van der Waals surface area contributed by atoms with Crippen LogP contribution in [0.1, 0.15) is 53.5 Å². The van der Waals surface area contributed by atoms with Gasteiger partial charge in [0.2, 0.25) is 0 Å². The van der Waals surface area contributed by atoms with E-state index in [1.54, 1.807) is 17.0 Å². The van der Waals surface area contributed by atoms with Gasteiger partial charge in [-0.2, -0.15) is 13.2 Å². The molecule has 0 radical (unpaired) electrons. The first-order chi connectivity index (χ1) is 15.5. The largest absolute Gasteiger partial charge is 0.416 e. The Morgan fingerprint density at radius 3 is 2.30 bits per heavy atom. The Hall–Kier alpha value is -3.28. The van der Waals surface area contributed by atoms with Gasteiger partial charge in [0.25, 0.3) is 5.91 Å². The van der Waals surface area contributed by atoms with Gasteiger partial charge in [0, 0.05) is 30.5 Å². The molecular weight excluding hydrogens is 425 g/mol. The number of alkyl halides is 3. The number of halogens is 3. The smallest absolute Gasteiger partial charge is 0.345 e. The van der Waals surface area contributed by atoms with Crippen LogP contribution in [0.4, 0.5) is 13.2 Å². The third-order valence-electron chi connectivity index (χ3n) is 5.52. The lowest BCUT2D eigenvalue weighted by molar-refractivity contribution is -0.137. The van der Waals surface area contributed by atoms with Crippen LogP contribution in [0.15, 0.2) is 79.5 Å². The molecule has 0 aliphatic carbocycles. The molecule has 3 aromatic rings. The molecule has 0 N–H and O–H groups in total. The summed E-state index contributed by atoms with van der Waals surface area (Å²) < 4.78 is 41.1. The minimum absolute atomic E-state index is 0.00731. The Balaban J connectivity index is 1.79. The fraction of sp³-hybridized carbons (Fsp3) is 0.296. The zero-order chi connectivity index (χ0) is 24.2. The third-order valence-corrected chi connectivity index (χ3v) is 5.52. The number of nitrogens with zero attached hydrogens (tertiary/aromatic N) is 2. The van der Waals surface area contributed by atoms with E-state index in [4.69, 9.17) is 0 Å². The molecule has 3 rings (SSSR count). The molecule has 3 nitrogen and oxygen atoms in total. The van der Waals surface area contributed by atoms with Crippen molar-refractivity contribution in [3.63, 3.8) is 0 Å². The monoisotopic (exact) mass is 454 g/mol. The third kappa shape index (κ3) is 6.15. The number of hydrogen-bond donors (Lipinski definition) is 0. The van der Waals surface area contributed by atoms with Gasteiger partial charge in [0.15, 0.2) is 0 Å². The number of carbonyl (C=O) groups is 1. The Bertz CT molecular complexity index is 1110. The van der Waals surface area contributed by atoms with E-state index in [1.807, 2.05) is 47.2 Å². The van der Waals surface area contributed by atoms with E-state index < -0.39 is 11.7 Å². The van der Waals surface area contributed by atoms with Gasteiger partial charge in [-0.15, -0.1) is 6.58 Å². The minimum atomic E-state index is -4.38. The molecular formula is C27H29F3N2O. The van der Waals surface area contributed by atoms with Crippen molar-refractivity contribution in [3.05, 3.63) is 107 Å². The number of benzene rings is 2. The van der Waals surface area contributed by atoms with Crippen molar-refractivity contribution in [3.8, 4) is 0 Å². The molecule has 0 atom stereocenters. The highest BCUT2D eigenvalue weighted by Gasteiger charge is 2.30. The van der Waals surface area contributed by atoms with Gasteiger partial charge in [-0.05, 0) is 52.9 Å². The summed E-state index contributed by atoms with van der Waals surface area (Å²) in [5.41, 5.74) is 2.42. The average molecular weight is 455 g/mol. The predicted octanol–water partition coefficient (Wildman–Crippen LogP) is 6.68. The maximum absolute atomic E-state index is 13.2. The molecule has 0 bridgehead atoms. The van der Waals surface area contributed by atoms with E-state index in [1.165, 1.54) is 6.07 Å². The molecule has 0 fully saturated rings. The molecule has 2 aromatic carbocycles. The molecule has 33 heavy (non-hydrogen) atoms. The van der Waals surface area contributed by atoms with E-state index in [-0.39, 0.29) is 17.9 Å². The van der Waals surface area contributed by atoms with E-state index in [9.17, 15) is 18.0 Å². The lowest BCUT2D eigenvalue weighted by Crippen LogP contribution is -2.31. The van der Waals surface area contributed by atoms with Crippen LogP contribution in [0, 0.1) is 0 Å². The lowest BCUT2D eigenvalue weighted by Gasteiger charge is -2.23. The molecule has 0 saturated heterocycles. The second-order valence-corrected chi connectivity index (χ2v) is 9.13. The highest BCUT2D eigenvalue weighted by molar-refractivity contribution is 5.94. The van der Waals surface area contributed by atoms with Gasteiger partial charge in [-0.3, -0.25) is 4.79 Å². The molecule has 6 heteroatoms. The summed E-state index contributed by atoms with van der Waals surface area (Å²) in [6.45, 7) is 11.1. The molecule has 174 valence electrons. The van der Waals surface area contributed by atoms with E-state index in [2.05, 4.69) is 27.4 Å². The van der Waals surface area contributed by atoms with E-state index in [0.29, 0.717) is 24.2 Å². The van der Waals surface area contributed by atoms with E-state index in [0.717, 1.165) is 23.4 Å². The summed E-state index contributed by atoms with van der Waals surface area (Å²) in [5.74, 6) is -0.123. The maximum atomic E-state index is 13.2. The molecule has 0 spiro atoms. The summed E-state index contributed by atoms with van der Waals surface area (Å²) in [6, 6.07) is 16.6. The number of hydrogen-bond acceptors (Lipinski definition) is 1. The Morgan fingerprint density at radius 2 is 1.70 bits per heavy atom. The topological polar surface area (TPSA) is 25.2 Å². The second kappa shape index (κ2) is 9.69. The lowest BCUT2D eigenvalue weighted by atomic mass is 9.86. The van der Waals surface area contributed by atoms with Gasteiger partial charge >= 0.3 is 6.18 Å². The van der Waals surface area contributed by atoms with Crippen molar-refractivity contribution in [1.29, 1.82) is 0 Å². The van der Waals surface area contributed by atoms with Crippen LogP contribution in [0.3, 0.4) is 0 Å². The predicted molar refractivity (Wildman–Crippen MR) is 125 cm³/mol. The average Bonchev–Trinajstić information content (AvgIpc) is 3.18. The summed E-state index contributed by atoms with van der Waals surface area (Å²) in [4.78, 5) is 14.9. The van der Waals surface area contributed by atoms with Crippen LogP contribution < -0.4 is 0 Å². The summed E-state index contributed by atoms with van der Waals surface area (Å²) >= 11 is 0. The first-order valence-corrected chi connectivity index (χ1v) is 10.8. The molecule has 1 aromatic heterocycles. The van der Waals surface area contributed by atoms with E-state index >= 15 is 0 Å². The second-order valence-electron chi connectivity index (χ2n) is 9.13. The molecule has 1 amide bonds. The van der Waals surface area contributed by atoms with Crippen LogP contribution in [-0.4, -0.2) is 21.9 Å². The fourth-order valence-electron chi connectivity index (χ4n) is 3.66. The highest BCUT2D eigenvalue weighted by Crippen LogP contribution is 2.30. The number of rotatable bonds is 7. The summed E-state index contributed by atoms with van der Waals surface area (Å²) in [6.07, 6.45) is -0.906. The van der Waals surface area contributed by atoms with Gasteiger partial charge in [-0.25, -0.2) is 0 Å². The van der Waals surface area contributed by atoms with Gasteiger partial charge in [0.1, 0.15) is 0 Å². The summed E-state index contributed by atoms with van der Waals surface area (Å²) in [7, 11) is 0. The number of aromatic nitrogens is 1. The zero-order valence-corrected chi connectivity index (χ0v) is 19.2. The Morgan fingerprint density at radius 1 is 1.00 bits per heavy atom. The Labute approximate surface area is 193 Å². The SMILES string of the molecule is C=CCN(Cc1cccn1Cc1cccc(C(F)(F)F)c1)C(=O)c1ccc(C(C)(C)C)cc1.